The van der Waals surface area contributed by atoms with Crippen molar-refractivity contribution in [1.29, 1.82) is 0 Å². The molecule has 3 nitrogen and oxygen atoms in total. The molecule has 108 valence electrons. The van der Waals surface area contributed by atoms with Gasteiger partial charge in [-0.1, -0.05) is 20.3 Å². The first-order valence-electron chi connectivity index (χ1n) is 7.60. The lowest BCUT2D eigenvalue weighted by Gasteiger charge is -2.33. The van der Waals surface area contributed by atoms with Gasteiger partial charge in [0.15, 0.2) is 0 Å². The van der Waals surface area contributed by atoms with Crippen molar-refractivity contribution >= 4 is 0 Å². The Morgan fingerprint density at radius 3 is 2.44 bits per heavy atom. The van der Waals surface area contributed by atoms with Crippen molar-refractivity contribution in [3.8, 4) is 0 Å². The quantitative estimate of drug-likeness (QED) is 0.755. The molecular formula is C15H33N3. The lowest BCUT2D eigenvalue weighted by Crippen LogP contribution is -2.40. The molecule has 0 aliphatic heterocycles. The number of likely N-dealkylation sites (N-methyl/N-ethyl adjacent to an activating group) is 1. The van der Waals surface area contributed by atoms with Gasteiger partial charge in [0.25, 0.3) is 0 Å². The number of hydrogen-bond acceptors (Lipinski definition) is 3. The number of nitrogens with zero attached hydrogens (tertiary/aromatic N) is 2. The van der Waals surface area contributed by atoms with Gasteiger partial charge in [-0.2, -0.15) is 0 Å². The average molecular weight is 255 g/mol. The highest BCUT2D eigenvalue weighted by molar-refractivity contribution is 4.78. The van der Waals surface area contributed by atoms with Crippen molar-refractivity contribution in [1.82, 2.24) is 9.80 Å². The van der Waals surface area contributed by atoms with E-state index in [1.807, 2.05) is 0 Å². The van der Waals surface area contributed by atoms with E-state index in [4.69, 9.17) is 5.73 Å². The molecule has 0 heterocycles. The molecule has 1 rings (SSSR count). The average Bonchev–Trinajstić information content (AvgIpc) is 2.25. The molecule has 0 aromatic heterocycles. The summed E-state index contributed by atoms with van der Waals surface area (Å²) in [4.78, 5) is 4.92. The van der Waals surface area contributed by atoms with E-state index in [0.29, 0.717) is 6.04 Å². The fraction of sp³-hybridized carbons (Fsp3) is 1.00. The maximum Gasteiger partial charge on any atom is 0.0109 e. The number of nitrogens with two attached hydrogens (primary N) is 1. The van der Waals surface area contributed by atoms with Gasteiger partial charge in [-0.3, -0.25) is 0 Å². The fourth-order valence-electron chi connectivity index (χ4n) is 2.98. The molecule has 1 aliphatic rings. The van der Waals surface area contributed by atoms with Crippen LogP contribution in [0.3, 0.4) is 0 Å². The van der Waals surface area contributed by atoms with E-state index in [1.165, 1.54) is 45.3 Å². The highest BCUT2D eigenvalue weighted by Crippen LogP contribution is 2.24. The zero-order valence-corrected chi connectivity index (χ0v) is 12.9. The summed E-state index contributed by atoms with van der Waals surface area (Å²) < 4.78 is 0. The van der Waals surface area contributed by atoms with Crippen molar-refractivity contribution in [2.45, 2.75) is 45.6 Å². The molecule has 0 bridgehead atoms. The Bertz CT molecular complexity index is 216. The van der Waals surface area contributed by atoms with Crippen LogP contribution in [0.2, 0.25) is 0 Å². The van der Waals surface area contributed by atoms with Crippen LogP contribution < -0.4 is 5.73 Å². The first kappa shape index (κ1) is 15.9. The lowest BCUT2D eigenvalue weighted by molar-refractivity contribution is 0.165. The molecule has 3 heteroatoms. The van der Waals surface area contributed by atoms with Crippen LogP contribution in [0.15, 0.2) is 0 Å². The molecule has 1 saturated carbocycles. The van der Waals surface area contributed by atoms with Crippen LogP contribution >= 0.6 is 0 Å². The first-order valence-corrected chi connectivity index (χ1v) is 7.60. The molecule has 2 atom stereocenters. The van der Waals surface area contributed by atoms with E-state index >= 15 is 0 Å². The van der Waals surface area contributed by atoms with Gasteiger partial charge >= 0.3 is 0 Å². The summed E-state index contributed by atoms with van der Waals surface area (Å²) in [6, 6.07) is 0.457. The van der Waals surface area contributed by atoms with Crippen LogP contribution in [0.25, 0.3) is 0 Å². The monoisotopic (exact) mass is 255 g/mol. The van der Waals surface area contributed by atoms with E-state index in [9.17, 15) is 0 Å². The smallest absolute Gasteiger partial charge is 0.0109 e. The summed E-state index contributed by atoms with van der Waals surface area (Å²) in [5.74, 6) is 1.58. The summed E-state index contributed by atoms with van der Waals surface area (Å²) in [6.07, 6.45) is 5.17. The molecule has 0 aromatic rings. The minimum Gasteiger partial charge on any atom is -0.328 e. The van der Waals surface area contributed by atoms with Gasteiger partial charge in [0, 0.05) is 32.2 Å². The Hall–Kier alpha value is -0.120. The molecular weight excluding hydrogens is 222 g/mol. The Balaban J connectivity index is 2.38. The molecule has 0 spiro atoms. The van der Waals surface area contributed by atoms with Crippen molar-refractivity contribution in [3.05, 3.63) is 0 Å². The van der Waals surface area contributed by atoms with Gasteiger partial charge in [-0.15, -0.1) is 0 Å². The van der Waals surface area contributed by atoms with Gasteiger partial charge in [-0.05, 0) is 45.2 Å². The number of hydrogen-bond donors (Lipinski definition) is 1. The number of rotatable bonds is 7. The standard InChI is InChI=1S/C15H33N3/c1-13(2)11-18(9-8-17(3)4)12-14-6-5-7-15(16)10-14/h13-15H,5-12,16H2,1-4H3. The molecule has 0 saturated heterocycles. The molecule has 2 N–H and O–H groups in total. The van der Waals surface area contributed by atoms with E-state index < -0.39 is 0 Å². The third-order valence-corrected chi connectivity index (χ3v) is 3.83. The minimum atomic E-state index is 0.457. The molecule has 1 aliphatic carbocycles. The molecule has 1 fully saturated rings. The summed E-state index contributed by atoms with van der Waals surface area (Å²) in [6.45, 7) is 9.45. The molecule has 0 amide bonds. The van der Waals surface area contributed by atoms with Crippen molar-refractivity contribution < 1.29 is 0 Å². The van der Waals surface area contributed by atoms with Crippen LogP contribution in [0.5, 0.6) is 0 Å². The first-order chi connectivity index (χ1) is 8.47. The summed E-state index contributed by atoms with van der Waals surface area (Å²) >= 11 is 0. The van der Waals surface area contributed by atoms with Crippen molar-refractivity contribution in [2.24, 2.45) is 17.6 Å². The molecule has 0 aromatic carbocycles. The third-order valence-electron chi connectivity index (χ3n) is 3.83. The van der Waals surface area contributed by atoms with Gasteiger partial charge in [0.2, 0.25) is 0 Å². The zero-order chi connectivity index (χ0) is 13.5. The zero-order valence-electron chi connectivity index (χ0n) is 12.9. The molecule has 18 heavy (non-hydrogen) atoms. The fourth-order valence-corrected chi connectivity index (χ4v) is 2.98. The second kappa shape index (κ2) is 8.13. The minimum absolute atomic E-state index is 0.457. The van der Waals surface area contributed by atoms with Gasteiger partial charge in [0.1, 0.15) is 0 Å². The molecule has 0 radical (unpaired) electrons. The van der Waals surface area contributed by atoms with Crippen LogP contribution in [-0.4, -0.2) is 56.1 Å². The largest absolute Gasteiger partial charge is 0.328 e. The highest BCUT2D eigenvalue weighted by atomic mass is 15.2. The third kappa shape index (κ3) is 6.72. The van der Waals surface area contributed by atoms with Crippen LogP contribution in [-0.2, 0) is 0 Å². The van der Waals surface area contributed by atoms with Crippen LogP contribution in [0.1, 0.15) is 39.5 Å². The molecule has 2 unspecified atom stereocenters. The van der Waals surface area contributed by atoms with E-state index in [1.54, 1.807) is 0 Å². The Morgan fingerprint density at radius 1 is 1.17 bits per heavy atom. The SMILES string of the molecule is CC(C)CN(CCN(C)C)CC1CCCC(N)C1. The maximum absolute atomic E-state index is 6.10. The Labute approximate surface area is 114 Å². The van der Waals surface area contributed by atoms with Gasteiger partial charge in [-0.25, -0.2) is 0 Å². The second-order valence-electron chi connectivity index (χ2n) is 6.75. The predicted molar refractivity (Wildman–Crippen MR) is 79.8 cm³/mol. The normalized spacial score (nSPS) is 25.3. The lowest BCUT2D eigenvalue weighted by atomic mass is 9.85. The second-order valence-corrected chi connectivity index (χ2v) is 6.75. The predicted octanol–water partition coefficient (Wildman–Crippen LogP) is 2.02. The summed E-state index contributed by atoms with van der Waals surface area (Å²) in [5.41, 5.74) is 6.10. The van der Waals surface area contributed by atoms with Crippen LogP contribution in [0, 0.1) is 11.8 Å². The maximum atomic E-state index is 6.10. The van der Waals surface area contributed by atoms with E-state index in [-0.39, 0.29) is 0 Å². The van der Waals surface area contributed by atoms with Crippen LogP contribution in [0.4, 0.5) is 0 Å². The Morgan fingerprint density at radius 2 is 1.89 bits per heavy atom. The Kier molecular flexibility index (Phi) is 7.20. The van der Waals surface area contributed by atoms with E-state index in [0.717, 1.165) is 18.4 Å². The topological polar surface area (TPSA) is 32.5 Å². The van der Waals surface area contributed by atoms with Crippen molar-refractivity contribution in [3.63, 3.8) is 0 Å². The van der Waals surface area contributed by atoms with E-state index in [2.05, 4.69) is 37.7 Å². The van der Waals surface area contributed by atoms with Gasteiger partial charge < -0.3 is 15.5 Å². The van der Waals surface area contributed by atoms with Crippen molar-refractivity contribution in [2.75, 3.05) is 40.3 Å². The summed E-state index contributed by atoms with van der Waals surface area (Å²) in [5, 5.41) is 0. The summed E-state index contributed by atoms with van der Waals surface area (Å²) in [7, 11) is 4.31. The van der Waals surface area contributed by atoms with Gasteiger partial charge in [0.05, 0.1) is 0 Å². The highest BCUT2D eigenvalue weighted by Gasteiger charge is 2.21.